The fourth-order valence-electron chi connectivity index (χ4n) is 1.68. The fraction of sp³-hybridized carbons (Fsp3) is 0.333. The zero-order valence-corrected chi connectivity index (χ0v) is 11.8. The first-order valence-corrected chi connectivity index (χ1v) is 6.36. The van der Waals surface area contributed by atoms with Crippen LogP contribution in [-0.4, -0.2) is 39.6 Å². The summed E-state index contributed by atoms with van der Waals surface area (Å²) in [5.41, 5.74) is 1.25. The number of aryl methyl sites for hydroxylation is 1. The maximum Gasteiger partial charge on any atom is 0.325 e. The normalized spacial score (nSPS) is 10.6. The molecule has 2 aromatic rings. The Morgan fingerprint density at radius 1 is 1.45 bits per heavy atom. The molecule has 0 saturated carbocycles. The van der Waals surface area contributed by atoms with Crippen LogP contribution in [0, 0.1) is 6.92 Å². The Labute approximate surface area is 119 Å². The maximum absolute atomic E-state index is 12.0. The van der Waals surface area contributed by atoms with Gasteiger partial charge in [-0.3, -0.25) is 9.59 Å². The molecule has 0 fully saturated rings. The third-order valence-corrected chi connectivity index (χ3v) is 2.78. The van der Waals surface area contributed by atoms with Crippen LogP contribution >= 0.6 is 11.6 Å². The lowest BCUT2D eigenvalue weighted by molar-refractivity contribution is -0.141. The molecule has 2 aromatic heterocycles. The van der Waals surface area contributed by atoms with Crippen molar-refractivity contribution in [3.05, 3.63) is 28.7 Å². The van der Waals surface area contributed by atoms with Gasteiger partial charge >= 0.3 is 5.97 Å². The molecule has 0 saturated heterocycles. The molecule has 20 heavy (non-hydrogen) atoms. The van der Waals surface area contributed by atoms with Crippen LogP contribution in [0.1, 0.15) is 23.1 Å². The number of fused-ring (bicyclic) bond motifs is 1. The molecule has 0 aliphatic carbocycles. The van der Waals surface area contributed by atoms with Crippen LogP contribution in [0.5, 0.6) is 0 Å². The van der Waals surface area contributed by atoms with Gasteiger partial charge in [0.15, 0.2) is 11.3 Å². The summed E-state index contributed by atoms with van der Waals surface area (Å²) < 4.78 is 6.20. The van der Waals surface area contributed by atoms with Gasteiger partial charge in [0.1, 0.15) is 11.7 Å². The van der Waals surface area contributed by atoms with Gasteiger partial charge < -0.3 is 10.1 Å². The fourth-order valence-corrected chi connectivity index (χ4v) is 1.82. The van der Waals surface area contributed by atoms with E-state index in [9.17, 15) is 9.59 Å². The Kier molecular flexibility index (Phi) is 4.19. The van der Waals surface area contributed by atoms with Crippen molar-refractivity contribution < 1.29 is 14.3 Å². The van der Waals surface area contributed by atoms with Crippen LogP contribution in [0.15, 0.2) is 12.1 Å². The summed E-state index contributed by atoms with van der Waals surface area (Å²) in [6.45, 7) is 3.46. The monoisotopic (exact) mass is 296 g/mol. The Morgan fingerprint density at radius 2 is 2.20 bits per heavy atom. The first-order valence-electron chi connectivity index (χ1n) is 5.98. The maximum atomic E-state index is 12.0. The predicted octanol–water partition coefficient (Wildman–Crippen LogP) is 0.984. The zero-order valence-electron chi connectivity index (χ0n) is 11.0. The van der Waals surface area contributed by atoms with E-state index in [-0.39, 0.29) is 18.8 Å². The summed E-state index contributed by atoms with van der Waals surface area (Å²) in [4.78, 5) is 27.3. The van der Waals surface area contributed by atoms with Crippen LogP contribution in [0.4, 0.5) is 0 Å². The van der Waals surface area contributed by atoms with E-state index >= 15 is 0 Å². The topological polar surface area (TPSA) is 85.6 Å². The molecule has 8 heteroatoms. The number of amides is 1. The number of aromatic nitrogens is 3. The molecule has 0 aliphatic heterocycles. The third kappa shape index (κ3) is 2.88. The smallest absolute Gasteiger partial charge is 0.325 e. The summed E-state index contributed by atoms with van der Waals surface area (Å²) in [7, 11) is 0. The molecule has 1 amide bonds. The number of carbonyl (C=O) groups is 2. The van der Waals surface area contributed by atoms with Crippen LogP contribution in [0.2, 0.25) is 5.15 Å². The van der Waals surface area contributed by atoms with Gasteiger partial charge in [0.25, 0.3) is 5.91 Å². The van der Waals surface area contributed by atoms with E-state index < -0.39 is 11.9 Å². The second-order valence-corrected chi connectivity index (χ2v) is 4.35. The highest BCUT2D eigenvalue weighted by Crippen LogP contribution is 2.12. The van der Waals surface area contributed by atoms with Gasteiger partial charge in [-0.05, 0) is 26.0 Å². The second-order valence-electron chi connectivity index (χ2n) is 3.96. The molecule has 0 atom stereocenters. The average Bonchev–Trinajstić information content (AvgIpc) is 2.74. The molecule has 0 spiro atoms. The number of hydrogen-bond acceptors (Lipinski definition) is 5. The van der Waals surface area contributed by atoms with Crippen molar-refractivity contribution >= 4 is 29.1 Å². The van der Waals surface area contributed by atoms with Crippen molar-refractivity contribution in [1.82, 2.24) is 19.9 Å². The molecule has 106 valence electrons. The molecule has 2 rings (SSSR count). The van der Waals surface area contributed by atoms with Crippen LogP contribution in [0.25, 0.3) is 5.65 Å². The molecule has 1 N–H and O–H groups in total. The lowest BCUT2D eigenvalue weighted by Crippen LogP contribution is -2.31. The summed E-state index contributed by atoms with van der Waals surface area (Å²) >= 11 is 5.80. The van der Waals surface area contributed by atoms with E-state index in [0.29, 0.717) is 16.5 Å². The number of imidazole rings is 1. The van der Waals surface area contributed by atoms with Gasteiger partial charge in [-0.25, -0.2) is 9.50 Å². The first-order chi connectivity index (χ1) is 9.52. The standard InChI is InChI=1S/C12H13ClN4O3/c1-3-20-10(18)6-14-12(19)11-7(2)17-9(15-11)5-4-8(13)16-17/h4-5H,3,6H2,1-2H3,(H,14,19). The lowest BCUT2D eigenvalue weighted by atomic mass is 10.3. The summed E-state index contributed by atoms with van der Waals surface area (Å²) in [6.07, 6.45) is 0. The molecule has 0 unspecified atom stereocenters. The van der Waals surface area contributed by atoms with E-state index in [1.165, 1.54) is 4.52 Å². The van der Waals surface area contributed by atoms with E-state index in [1.807, 2.05) is 0 Å². The van der Waals surface area contributed by atoms with Crippen LogP contribution < -0.4 is 5.32 Å². The van der Waals surface area contributed by atoms with E-state index in [2.05, 4.69) is 15.4 Å². The molecule has 0 bridgehead atoms. The highest BCUT2D eigenvalue weighted by Gasteiger charge is 2.17. The van der Waals surface area contributed by atoms with Gasteiger partial charge in [0.2, 0.25) is 0 Å². The number of hydrogen-bond donors (Lipinski definition) is 1. The highest BCUT2D eigenvalue weighted by atomic mass is 35.5. The molecule has 7 nitrogen and oxygen atoms in total. The van der Waals surface area contributed by atoms with E-state index in [4.69, 9.17) is 16.3 Å². The number of nitrogens with one attached hydrogen (secondary N) is 1. The Morgan fingerprint density at radius 3 is 2.90 bits per heavy atom. The van der Waals surface area contributed by atoms with Crippen molar-refractivity contribution in [2.45, 2.75) is 13.8 Å². The molecule has 2 heterocycles. The van der Waals surface area contributed by atoms with E-state index in [1.54, 1.807) is 26.0 Å². The minimum absolute atomic E-state index is 0.198. The number of nitrogens with zero attached hydrogens (tertiary/aromatic N) is 3. The largest absolute Gasteiger partial charge is 0.465 e. The zero-order chi connectivity index (χ0) is 14.7. The quantitative estimate of drug-likeness (QED) is 0.850. The SMILES string of the molecule is CCOC(=O)CNC(=O)c1nc2ccc(Cl)nn2c1C. The van der Waals surface area contributed by atoms with Gasteiger partial charge in [-0.1, -0.05) is 11.6 Å². The third-order valence-electron chi connectivity index (χ3n) is 2.58. The molecular weight excluding hydrogens is 284 g/mol. The first kappa shape index (κ1) is 14.3. The number of ether oxygens (including phenoxy) is 1. The van der Waals surface area contributed by atoms with Crippen molar-refractivity contribution in [2.75, 3.05) is 13.2 Å². The summed E-state index contributed by atoms with van der Waals surface area (Å²) in [6, 6.07) is 3.24. The minimum Gasteiger partial charge on any atom is -0.465 e. The average molecular weight is 297 g/mol. The van der Waals surface area contributed by atoms with Gasteiger partial charge in [0.05, 0.1) is 12.3 Å². The number of esters is 1. The lowest BCUT2D eigenvalue weighted by Gasteiger charge is -2.03. The summed E-state index contributed by atoms with van der Waals surface area (Å²) in [5.74, 6) is -0.958. The van der Waals surface area contributed by atoms with Crippen molar-refractivity contribution in [2.24, 2.45) is 0 Å². The van der Waals surface area contributed by atoms with Crippen LogP contribution in [-0.2, 0) is 9.53 Å². The van der Waals surface area contributed by atoms with Crippen molar-refractivity contribution in [1.29, 1.82) is 0 Å². The van der Waals surface area contributed by atoms with Gasteiger partial charge in [0, 0.05) is 0 Å². The summed E-state index contributed by atoms with van der Waals surface area (Å²) in [5, 5.41) is 6.80. The molecule has 0 aliphatic rings. The molecule has 0 aromatic carbocycles. The Balaban J connectivity index is 2.18. The van der Waals surface area contributed by atoms with Crippen LogP contribution in [0.3, 0.4) is 0 Å². The highest BCUT2D eigenvalue weighted by molar-refractivity contribution is 6.29. The van der Waals surface area contributed by atoms with E-state index in [0.717, 1.165) is 0 Å². The van der Waals surface area contributed by atoms with Crippen molar-refractivity contribution in [3.8, 4) is 0 Å². The van der Waals surface area contributed by atoms with Gasteiger partial charge in [-0.15, -0.1) is 0 Å². The molecule has 0 radical (unpaired) electrons. The second kappa shape index (κ2) is 5.87. The Hall–Kier alpha value is -2.15. The Bertz CT molecular complexity index is 668. The number of halogens is 1. The minimum atomic E-state index is -0.497. The number of carbonyl (C=O) groups excluding carboxylic acids is 2. The van der Waals surface area contributed by atoms with Crippen molar-refractivity contribution in [3.63, 3.8) is 0 Å². The van der Waals surface area contributed by atoms with Gasteiger partial charge in [-0.2, -0.15) is 5.10 Å². The predicted molar refractivity (Wildman–Crippen MR) is 71.7 cm³/mol. The molecular formula is C12H13ClN4O3. The number of rotatable bonds is 4.